The Balaban J connectivity index is -0.000000919. The summed E-state index contributed by atoms with van der Waals surface area (Å²) in [6.07, 6.45) is 2.00. The lowest BCUT2D eigenvalue weighted by molar-refractivity contribution is 0.104. The van der Waals surface area contributed by atoms with Gasteiger partial charge in [0.25, 0.3) is 0 Å². The number of carbonyl (C=O) groups is 1. The predicted molar refractivity (Wildman–Crippen MR) is 103 cm³/mol. The van der Waals surface area contributed by atoms with E-state index in [0.717, 1.165) is 26.1 Å². The molecule has 23 heavy (non-hydrogen) atoms. The van der Waals surface area contributed by atoms with Crippen LogP contribution in [0.2, 0.25) is 0 Å². The molecule has 0 saturated carbocycles. The molecule has 0 spiro atoms. The molecule has 4 heteroatoms. The largest absolute Gasteiger partial charge is 0.381 e. The van der Waals surface area contributed by atoms with Crippen molar-refractivity contribution < 1.29 is 9.53 Å². The number of hydrogen-bond acceptors (Lipinski definition) is 2. The standard InChI is InChI=1S/C15H32N2O2.2C2H4/c1-7-9-19-10-8-15(5,6)12-17-13(18)16-11-14(2,3)4;2*1-2/h7-12H2,1-6H3,(H2,16,17,18);2*1-2H2. The van der Waals surface area contributed by atoms with E-state index in [1.165, 1.54) is 0 Å². The maximum absolute atomic E-state index is 11.7. The Kier molecular flexibility index (Phi) is 18.0. The Bertz CT molecular complexity index is 282. The van der Waals surface area contributed by atoms with Crippen molar-refractivity contribution in [2.45, 2.75) is 54.4 Å². The molecule has 0 aliphatic carbocycles. The molecule has 0 aromatic heterocycles. The maximum atomic E-state index is 11.7. The van der Waals surface area contributed by atoms with Crippen LogP contribution in [0.1, 0.15) is 54.4 Å². The predicted octanol–water partition coefficient (Wildman–Crippen LogP) is 4.78. The second-order valence-electron chi connectivity index (χ2n) is 7.12. The Hall–Kier alpha value is -1.29. The molecule has 138 valence electrons. The van der Waals surface area contributed by atoms with Crippen LogP contribution >= 0.6 is 0 Å². The molecule has 0 unspecified atom stereocenters. The van der Waals surface area contributed by atoms with Gasteiger partial charge < -0.3 is 15.4 Å². The second kappa shape index (κ2) is 15.6. The number of nitrogens with one attached hydrogen (secondary N) is 2. The van der Waals surface area contributed by atoms with Crippen LogP contribution in [0.3, 0.4) is 0 Å². The monoisotopic (exact) mass is 328 g/mol. The zero-order valence-electron chi connectivity index (χ0n) is 16.4. The highest BCUT2D eigenvalue weighted by molar-refractivity contribution is 5.73. The fourth-order valence-corrected chi connectivity index (χ4v) is 1.41. The molecule has 0 fully saturated rings. The van der Waals surface area contributed by atoms with Gasteiger partial charge in [-0.3, -0.25) is 0 Å². The third-order valence-corrected chi connectivity index (χ3v) is 2.78. The molecule has 2 amide bonds. The van der Waals surface area contributed by atoms with Crippen LogP contribution in [0.15, 0.2) is 26.3 Å². The molecule has 0 radical (unpaired) electrons. The van der Waals surface area contributed by atoms with Crippen LogP contribution in [-0.2, 0) is 4.74 Å². The topological polar surface area (TPSA) is 50.4 Å². The number of hydrogen-bond donors (Lipinski definition) is 2. The van der Waals surface area contributed by atoms with Gasteiger partial charge in [-0.05, 0) is 23.7 Å². The molecule has 0 aliphatic rings. The van der Waals surface area contributed by atoms with Crippen molar-refractivity contribution in [3.8, 4) is 0 Å². The summed E-state index contributed by atoms with van der Waals surface area (Å²) < 4.78 is 5.49. The van der Waals surface area contributed by atoms with E-state index in [0.29, 0.717) is 13.1 Å². The number of urea groups is 1. The van der Waals surface area contributed by atoms with Crippen molar-refractivity contribution in [1.29, 1.82) is 0 Å². The first-order valence-corrected chi connectivity index (χ1v) is 8.26. The van der Waals surface area contributed by atoms with Gasteiger partial charge in [-0.15, -0.1) is 26.3 Å². The summed E-state index contributed by atoms with van der Waals surface area (Å²) in [7, 11) is 0. The highest BCUT2D eigenvalue weighted by Crippen LogP contribution is 2.18. The van der Waals surface area contributed by atoms with Gasteiger partial charge in [0.2, 0.25) is 0 Å². The summed E-state index contributed by atoms with van der Waals surface area (Å²) in [4.78, 5) is 11.7. The van der Waals surface area contributed by atoms with Crippen LogP contribution in [0, 0.1) is 10.8 Å². The average molecular weight is 329 g/mol. The summed E-state index contributed by atoms with van der Waals surface area (Å²) in [6, 6.07) is -0.0857. The summed E-state index contributed by atoms with van der Waals surface area (Å²) >= 11 is 0. The van der Waals surface area contributed by atoms with Crippen molar-refractivity contribution in [2.24, 2.45) is 10.8 Å². The fraction of sp³-hybridized carbons (Fsp3) is 0.737. The van der Waals surface area contributed by atoms with E-state index in [9.17, 15) is 4.79 Å². The third-order valence-electron chi connectivity index (χ3n) is 2.78. The molecule has 0 heterocycles. The fourth-order valence-electron chi connectivity index (χ4n) is 1.41. The highest BCUT2D eigenvalue weighted by Gasteiger charge is 2.19. The van der Waals surface area contributed by atoms with Gasteiger partial charge in [-0.25, -0.2) is 4.79 Å². The first-order valence-electron chi connectivity index (χ1n) is 8.26. The van der Waals surface area contributed by atoms with E-state index in [-0.39, 0.29) is 16.9 Å². The van der Waals surface area contributed by atoms with Crippen LogP contribution < -0.4 is 10.6 Å². The lowest BCUT2D eigenvalue weighted by Crippen LogP contribution is -2.43. The van der Waals surface area contributed by atoms with Crippen LogP contribution in [0.5, 0.6) is 0 Å². The second-order valence-corrected chi connectivity index (χ2v) is 7.12. The van der Waals surface area contributed by atoms with E-state index in [1.807, 2.05) is 0 Å². The van der Waals surface area contributed by atoms with Gasteiger partial charge in [0.1, 0.15) is 0 Å². The summed E-state index contributed by atoms with van der Waals surface area (Å²) in [5.41, 5.74) is 0.174. The minimum atomic E-state index is -0.0857. The number of ether oxygens (including phenoxy) is 1. The number of rotatable bonds is 8. The van der Waals surface area contributed by atoms with E-state index in [4.69, 9.17) is 4.74 Å². The van der Waals surface area contributed by atoms with Crippen LogP contribution in [0.25, 0.3) is 0 Å². The Morgan fingerprint density at radius 3 is 1.83 bits per heavy atom. The average Bonchev–Trinajstić information content (AvgIpc) is 2.51. The smallest absolute Gasteiger partial charge is 0.314 e. The molecule has 0 aromatic carbocycles. The van der Waals surface area contributed by atoms with Gasteiger partial charge in [-0.1, -0.05) is 41.5 Å². The maximum Gasteiger partial charge on any atom is 0.314 e. The van der Waals surface area contributed by atoms with E-state index >= 15 is 0 Å². The molecule has 0 saturated heterocycles. The highest BCUT2D eigenvalue weighted by atomic mass is 16.5. The van der Waals surface area contributed by atoms with Crippen LogP contribution in [0.4, 0.5) is 4.79 Å². The zero-order valence-corrected chi connectivity index (χ0v) is 16.4. The summed E-state index contributed by atoms with van der Waals surface area (Å²) in [6.45, 7) is 27.6. The third kappa shape index (κ3) is 23.1. The van der Waals surface area contributed by atoms with Gasteiger partial charge in [0.05, 0.1) is 0 Å². The molecule has 0 aliphatic heterocycles. The minimum absolute atomic E-state index is 0.0623. The Morgan fingerprint density at radius 2 is 1.39 bits per heavy atom. The first kappa shape index (κ1) is 26.6. The van der Waals surface area contributed by atoms with Gasteiger partial charge >= 0.3 is 6.03 Å². The molecule has 2 N–H and O–H groups in total. The zero-order chi connectivity index (χ0) is 18.9. The van der Waals surface area contributed by atoms with E-state index < -0.39 is 0 Å². The number of amides is 2. The molecular formula is C19H40N2O2. The lowest BCUT2D eigenvalue weighted by Gasteiger charge is -2.25. The van der Waals surface area contributed by atoms with E-state index in [1.54, 1.807) is 0 Å². The van der Waals surface area contributed by atoms with Crippen molar-refractivity contribution >= 4 is 6.03 Å². The SMILES string of the molecule is C=C.C=C.CCCOCCC(C)(C)CNC(=O)NCC(C)(C)C. The van der Waals surface area contributed by atoms with Crippen molar-refractivity contribution in [3.63, 3.8) is 0 Å². The molecule has 4 nitrogen and oxygen atoms in total. The summed E-state index contributed by atoms with van der Waals surface area (Å²) in [5.74, 6) is 0. The number of carbonyl (C=O) groups excluding carboxylic acids is 1. The van der Waals surface area contributed by atoms with Crippen molar-refractivity contribution in [1.82, 2.24) is 10.6 Å². The van der Waals surface area contributed by atoms with Gasteiger partial charge in [-0.2, -0.15) is 0 Å². The molecule has 0 atom stereocenters. The quantitative estimate of drug-likeness (QED) is 0.497. The normalized spacial score (nSPS) is 10.5. The van der Waals surface area contributed by atoms with Crippen molar-refractivity contribution in [2.75, 3.05) is 26.3 Å². The Labute approximate surface area is 144 Å². The van der Waals surface area contributed by atoms with Gasteiger partial charge in [0.15, 0.2) is 0 Å². The summed E-state index contributed by atoms with van der Waals surface area (Å²) in [5, 5.41) is 5.82. The lowest BCUT2D eigenvalue weighted by atomic mass is 9.90. The van der Waals surface area contributed by atoms with Crippen LogP contribution in [-0.4, -0.2) is 32.3 Å². The Morgan fingerprint density at radius 1 is 0.913 bits per heavy atom. The molecule has 0 rings (SSSR count). The van der Waals surface area contributed by atoms with Crippen molar-refractivity contribution in [3.05, 3.63) is 26.3 Å². The molecular weight excluding hydrogens is 288 g/mol. The van der Waals surface area contributed by atoms with E-state index in [2.05, 4.69) is 78.5 Å². The first-order chi connectivity index (χ1) is 10.7. The minimum Gasteiger partial charge on any atom is -0.381 e. The molecule has 0 bridgehead atoms. The van der Waals surface area contributed by atoms with Gasteiger partial charge in [0, 0.05) is 26.3 Å². The molecule has 0 aromatic rings.